The lowest BCUT2D eigenvalue weighted by atomic mass is 9.99. The molecule has 7 heteroatoms. The van der Waals surface area contributed by atoms with Gasteiger partial charge in [-0.3, -0.25) is 9.59 Å². The summed E-state index contributed by atoms with van der Waals surface area (Å²) >= 11 is 0. The van der Waals surface area contributed by atoms with Crippen molar-refractivity contribution >= 4 is 17.9 Å². The molecule has 2 saturated heterocycles. The Morgan fingerprint density at radius 3 is 2.19 bits per heavy atom. The molecule has 3 rings (SSSR count). The Kier molecular flexibility index (Phi) is 6.04. The maximum absolute atomic E-state index is 12.5. The van der Waals surface area contributed by atoms with Gasteiger partial charge in [0.2, 0.25) is 11.8 Å². The van der Waals surface area contributed by atoms with Crippen molar-refractivity contribution in [2.45, 2.75) is 52.0 Å². The standard InChI is InChI=1S/C19H31N3O4/c1-3-26-19(25)22-10-6-14(7-11-22)20-17(23)15-12-16(15)18(24)21-8-4-13(2)5-9-21/h13-16H,3-12H2,1-2H3,(H,20,23). The Morgan fingerprint density at radius 2 is 1.58 bits per heavy atom. The van der Waals surface area contributed by atoms with E-state index < -0.39 is 0 Å². The summed E-state index contributed by atoms with van der Waals surface area (Å²) < 4.78 is 5.01. The van der Waals surface area contributed by atoms with Crippen molar-refractivity contribution < 1.29 is 19.1 Å². The molecule has 2 unspecified atom stereocenters. The Balaban J connectivity index is 1.39. The fraction of sp³-hybridized carbons (Fsp3) is 0.842. The summed E-state index contributed by atoms with van der Waals surface area (Å²) in [7, 11) is 0. The van der Waals surface area contributed by atoms with E-state index in [2.05, 4.69) is 12.2 Å². The first-order valence-corrected chi connectivity index (χ1v) is 10.0. The molecule has 0 spiro atoms. The molecule has 1 saturated carbocycles. The topological polar surface area (TPSA) is 79.0 Å². The Morgan fingerprint density at radius 1 is 0.962 bits per heavy atom. The number of carbonyl (C=O) groups is 3. The number of nitrogens with zero attached hydrogens (tertiary/aromatic N) is 2. The lowest BCUT2D eigenvalue weighted by Crippen LogP contribution is -2.47. The van der Waals surface area contributed by atoms with E-state index in [0.29, 0.717) is 32.0 Å². The highest BCUT2D eigenvalue weighted by Crippen LogP contribution is 2.41. The molecule has 2 heterocycles. The zero-order chi connectivity index (χ0) is 18.7. The van der Waals surface area contributed by atoms with Crippen molar-refractivity contribution in [1.29, 1.82) is 0 Å². The van der Waals surface area contributed by atoms with Crippen LogP contribution in [0.3, 0.4) is 0 Å². The number of hydrogen-bond donors (Lipinski definition) is 1. The van der Waals surface area contributed by atoms with Gasteiger partial charge in [0.15, 0.2) is 0 Å². The Labute approximate surface area is 155 Å². The van der Waals surface area contributed by atoms with E-state index in [1.54, 1.807) is 11.8 Å². The third-order valence-corrected chi connectivity index (χ3v) is 5.91. The van der Waals surface area contributed by atoms with Crippen LogP contribution in [0.2, 0.25) is 0 Å². The highest BCUT2D eigenvalue weighted by atomic mass is 16.6. The summed E-state index contributed by atoms with van der Waals surface area (Å²) in [5.41, 5.74) is 0. The van der Waals surface area contributed by atoms with Gasteiger partial charge in [-0.25, -0.2) is 4.79 Å². The molecule has 3 amide bonds. The second-order valence-electron chi connectivity index (χ2n) is 7.93. The zero-order valence-corrected chi connectivity index (χ0v) is 15.9. The van der Waals surface area contributed by atoms with Crippen LogP contribution in [0.5, 0.6) is 0 Å². The highest BCUT2D eigenvalue weighted by Gasteiger charge is 2.50. The molecular weight excluding hydrogens is 334 g/mol. The van der Waals surface area contributed by atoms with Crippen LogP contribution in [0.1, 0.15) is 46.0 Å². The molecule has 0 bridgehead atoms. The van der Waals surface area contributed by atoms with Gasteiger partial charge in [-0.15, -0.1) is 0 Å². The molecule has 146 valence electrons. The van der Waals surface area contributed by atoms with Crippen LogP contribution in [0.15, 0.2) is 0 Å². The van der Waals surface area contributed by atoms with Gasteiger partial charge in [0.1, 0.15) is 0 Å². The number of likely N-dealkylation sites (tertiary alicyclic amines) is 2. The normalized spacial score (nSPS) is 27.2. The number of carbonyl (C=O) groups excluding carboxylic acids is 3. The quantitative estimate of drug-likeness (QED) is 0.821. The van der Waals surface area contributed by atoms with E-state index in [1.165, 1.54) is 0 Å². The molecule has 2 atom stereocenters. The van der Waals surface area contributed by atoms with Crippen molar-refractivity contribution in [1.82, 2.24) is 15.1 Å². The van der Waals surface area contributed by atoms with Crippen molar-refractivity contribution in [3.05, 3.63) is 0 Å². The van der Waals surface area contributed by atoms with Crippen LogP contribution < -0.4 is 5.32 Å². The molecule has 3 fully saturated rings. The zero-order valence-electron chi connectivity index (χ0n) is 15.9. The summed E-state index contributed by atoms with van der Waals surface area (Å²) in [6, 6.07) is 0.0837. The predicted molar refractivity (Wildman–Crippen MR) is 96.3 cm³/mol. The maximum Gasteiger partial charge on any atom is 0.409 e. The van der Waals surface area contributed by atoms with Crippen LogP contribution in [0.4, 0.5) is 4.79 Å². The molecule has 26 heavy (non-hydrogen) atoms. The minimum Gasteiger partial charge on any atom is -0.450 e. The maximum atomic E-state index is 12.5. The minimum atomic E-state index is -0.277. The Hall–Kier alpha value is -1.79. The first-order chi connectivity index (χ1) is 12.5. The van der Waals surface area contributed by atoms with E-state index in [4.69, 9.17) is 4.74 Å². The lowest BCUT2D eigenvalue weighted by Gasteiger charge is -2.32. The summed E-state index contributed by atoms with van der Waals surface area (Å²) in [5.74, 6) is 0.572. The molecule has 0 radical (unpaired) electrons. The molecule has 3 aliphatic rings. The number of hydrogen-bond acceptors (Lipinski definition) is 4. The molecule has 0 aromatic heterocycles. The van der Waals surface area contributed by atoms with E-state index in [9.17, 15) is 14.4 Å². The molecule has 1 aliphatic carbocycles. The average molecular weight is 365 g/mol. The van der Waals surface area contributed by atoms with Crippen molar-refractivity contribution in [2.75, 3.05) is 32.8 Å². The highest BCUT2D eigenvalue weighted by molar-refractivity contribution is 5.92. The van der Waals surface area contributed by atoms with Crippen molar-refractivity contribution in [3.8, 4) is 0 Å². The molecule has 0 aromatic rings. The predicted octanol–water partition coefficient (Wildman–Crippen LogP) is 1.62. The number of piperidine rings is 2. The van der Waals surface area contributed by atoms with Gasteiger partial charge in [0.05, 0.1) is 18.4 Å². The van der Waals surface area contributed by atoms with Gasteiger partial charge in [-0.2, -0.15) is 0 Å². The molecule has 2 aliphatic heterocycles. The number of nitrogens with one attached hydrogen (secondary N) is 1. The van der Waals surface area contributed by atoms with Crippen molar-refractivity contribution in [3.63, 3.8) is 0 Å². The summed E-state index contributed by atoms with van der Waals surface area (Å²) in [5, 5.41) is 3.08. The molecular formula is C19H31N3O4. The third-order valence-electron chi connectivity index (χ3n) is 5.91. The number of ether oxygens (including phenoxy) is 1. The molecule has 1 N–H and O–H groups in total. The van der Waals surface area contributed by atoms with Gasteiger partial charge >= 0.3 is 6.09 Å². The first-order valence-electron chi connectivity index (χ1n) is 10.0. The second kappa shape index (κ2) is 8.27. The number of rotatable bonds is 4. The smallest absolute Gasteiger partial charge is 0.409 e. The van der Waals surface area contributed by atoms with Gasteiger partial charge in [-0.05, 0) is 44.9 Å². The first kappa shape index (κ1) is 19.0. The van der Waals surface area contributed by atoms with Crippen LogP contribution in [0.25, 0.3) is 0 Å². The largest absolute Gasteiger partial charge is 0.450 e. The van der Waals surface area contributed by atoms with Crippen LogP contribution in [0, 0.1) is 17.8 Å². The summed E-state index contributed by atoms with van der Waals surface area (Å²) in [4.78, 5) is 40.3. The summed E-state index contributed by atoms with van der Waals surface area (Å²) in [6.45, 7) is 7.26. The van der Waals surface area contributed by atoms with Crippen LogP contribution >= 0.6 is 0 Å². The minimum absolute atomic E-state index is 0.00307. The van der Waals surface area contributed by atoms with E-state index in [1.807, 2.05) is 4.90 Å². The van der Waals surface area contributed by atoms with Crippen LogP contribution in [-0.2, 0) is 14.3 Å². The summed E-state index contributed by atoms with van der Waals surface area (Å²) in [6.07, 6.45) is 4.00. The van der Waals surface area contributed by atoms with Crippen molar-refractivity contribution in [2.24, 2.45) is 17.8 Å². The monoisotopic (exact) mass is 365 g/mol. The van der Waals surface area contributed by atoms with E-state index >= 15 is 0 Å². The lowest BCUT2D eigenvalue weighted by molar-refractivity contribution is -0.136. The van der Waals surface area contributed by atoms with E-state index in [-0.39, 0.29) is 35.8 Å². The van der Waals surface area contributed by atoms with Gasteiger partial charge in [-0.1, -0.05) is 6.92 Å². The third kappa shape index (κ3) is 4.48. The van der Waals surface area contributed by atoms with Crippen LogP contribution in [-0.4, -0.2) is 66.5 Å². The van der Waals surface area contributed by atoms with Gasteiger partial charge in [0, 0.05) is 32.2 Å². The average Bonchev–Trinajstić information content (AvgIpc) is 3.43. The molecule has 0 aromatic carbocycles. The van der Waals surface area contributed by atoms with Gasteiger partial charge in [0.25, 0.3) is 0 Å². The Bertz CT molecular complexity index is 537. The second-order valence-corrected chi connectivity index (χ2v) is 7.93. The fourth-order valence-electron chi connectivity index (χ4n) is 3.95. The number of amides is 3. The SMILES string of the molecule is CCOC(=O)N1CCC(NC(=O)C2CC2C(=O)N2CCC(C)CC2)CC1. The molecule has 7 nitrogen and oxygen atoms in total. The fourth-order valence-corrected chi connectivity index (χ4v) is 3.95. The van der Waals surface area contributed by atoms with Gasteiger partial charge < -0.3 is 19.9 Å². The van der Waals surface area contributed by atoms with E-state index in [0.717, 1.165) is 38.8 Å².